The van der Waals surface area contributed by atoms with Crippen LogP contribution in [0.3, 0.4) is 0 Å². The molecule has 0 radical (unpaired) electrons. The smallest absolute Gasteiger partial charge is 0.335 e. The molecule has 0 bridgehead atoms. The molecule has 5 nitrogen and oxygen atoms in total. The highest BCUT2D eigenvalue weighted by molar-refractivity contribution is 6.01. The fourth-order valence-corrected chi connectivity index (χ4v) is 3.24. The van der Waals surface area contributed by atoms with E-state index in [1.807, 2.05) is 10.6 Å². The number of hydrogen-bond acceptors (Lipinski definition) is 2. The van der Waals surface area contributed by atoms with Crippen LogP contribution < -0.4 is 5.32 Å². The van der Waals surface area contributed by atoms with E-state index in [4.69, 9.17) is 0 Å². The van der Waals surface area contributed by atoms with Gasteiger partial charge in [-0.3, -0.25) is 4.79 Å². The van der Waals surface area contributed by atoms with E-state index in [1.54, 1.807) is 18.2 Å². The van der Waals surface area contributed by atoms with Crippen LogP contribution in [-0.4, -0.2) is 28.1 Å². The number of amides is 1. The molecular formula is C16H18N2O3. The summed E-state index contributed by atoms with van der Waals surface area (Å²) in [6.07, 6.45) is 1.75. The van der Waals surface area contributed by atoms with Gasteiger partial charge >= 0.3 is 5.97 Å². The molecule has 1 amide bonds. The second kappa shape index (κ2) is 4.62. The Hall–Kier alpha value is -2.30. The van der Waals surface area contributed by atoms with Gasteiger partial charge in [-0.25, -0.2) is 4.79 Å². The Balaban J connectivity index is 2.36. The average Bonchev–Trinajstić information content (AvgIpc) is 2.88. The molecule has 0 atom stereocenters. The van der Waals surface area contributed by atoms with Gasteiger partial charge in [-0.05, 0) is 31.0 Å². The molecule has 21 heavy (non-hydrogen) atoms. The molecule has 2 heterocycles. The fraction of sp³-hybridized carbons (Fsp3) is 0.375. The van der Waals surface area contributed by atoms with Crippen LogP contribution in [0, 0.1) is 0 Å². The van der Waals surface area contributed by atoms with E-state index in [9.17, 15) is 14.7 Å². The number of aromatic carboxylic acids is 1. The third kappa shape index (κ3) is 1.84. The van der Waals surface area contributed by atoms with Gasteiger partial charge < -0.3 is 15.0 Å². The number of benzene rings is 1. The van der Waals surface area contributed by atoms with Gasteiger partial charge in [0.05, 0.1) is 16.6 Å². The second-order valence-corrected chi connectivity index (χ2v) is 5.56. The minimum absolute atomic E-state index is 0.0967. The zero-order chi connectivity index (χ0) is 15.2. The quantitative estimate of drug-likeness (QED) is 0.911. The lowest BCUT2D eigenvalue weighted by Crippen LogP contribution is -2.50. The summed E-state index contributed by atoms with van der Waals surface area (Å²) >= 11 is 0. The SMILES string of the molecule is CCC1(CC)CNC(=O)c2cc3ccc(C(=O)O)cc3n21. The normalized spacial score (nSPS) is 16.6. The minimum Gasteiger partial charge on any atom is -0.478 e. The van der Waals surface area contributed by atoms with Crippen molar-refractivity contribution in [2.75, 3.05) is 6.54 Å². The number of carbonyl (C=O) groups excluding carboxylic acids is 1. The van der Waals surface area contributed by atoms with E-state index in [2.05, 4.69) is 19.2 Å². The summed E-state index contributed by atoms with van der Waals surface area (Å²) in [5.41, 5.74) is 1.49. The van der Waals surface area contributed by atoms with Crippen LogP contribution in [0.1, 0.15) is 47.5 Å². The van der Waals surface area contributed by atoms with E-state index in [1.165, 1.54) is 0 Å². The Morgan fingerprint density at radius 1 is 1.33 bits per heavy atom. The number of carboxylic acid groups (broad SMARTS) is 1. The first-order valence-electron chi connectivity index (χ1n) is 7.20. The summed E-state index contributed by atoms with van der Waals surface area (Å²) in [7, 11) is 0. The molecule has 0 saturated heterocycles. The van der Waals surface area contributed by atoms with E-state index in [0.717, 1.165) is 23.7 Å². The Labute approximate surface area is 122 Å². The topological polar surface area (TPSA) is 71.3 Å². The van der Waals surface area contributed by atoms with Crippen LogP contribution in [-0.2, 0) is 5.54 Å². The zero-order valence-corrected chi connectivity index (χ0v) is 12.1. The largest absolute Gasteiger partial charge is 0.478 e. The maximum atomic E-state index is 12.1. The molecule has 1 aromatic heterocycles. The standard InChI is InChI=1S/C16H18N2O3/c1-3-16(4-2)9-17-14(19)13-7-10-5-6-11(15(20)21)8-12(10)18(13)16/h5-8H,3-4,9H2,1-2H3,(H,17,19)(H,20,21). The third-order valence-electron chi connectivity index (χ3n) is 4.65. The van der Waals surface area contributed by atoms with Crippen molar-refractivity contribution in [2.24, 2.45) is 0 Å². The van der Waals surface area contributed by atoms with Gasteiger partial charge in [0.15, 0.2) is 0 Å². The highest BCUT2D eigenvalue weighted by Gasteiger charge is 2.37. The minimum atomic E-state index is -0.952. The number of nitrogens with one attached hydrogen (secondary N) is 1. The van der Waals surface area contributed by atoms with Crippen molar-refractivity contribution in [3.63, 3.8) is 0 Å². The molecule has 0 saturated carbocycles. The van der Waals surface area contributed by atoms with Crippen molar-refractivity contribution in [3.05, 3.63) is 35.5 Å². The maximum absolute atomic E-state index is 12.1. The van der Waals surface area contributed by atoms with E-state index >= 15 is 0 Å². The first-order valence-corrected chi connectivity index (χ1v) is 7.20. The molecular weight excluding hydrogens is 268 g/mol. The average molecular weight is 286 g/mol. The molecule has 3 rings (SSSR count). The monoisotopic (exact) mass is 286 g/mol. The summed E-state index contributed by atoms with van der Waals surface area (Å²) < 4.78 is 2.04. The number of aromatic nitrogens is 1. The zero-order valence-electron chi connectivity index (χ0n) is 12.1. The second-order valence-electron chi connectivity index (χ2n) is 5.56. The number of hydrogen-bond donors (Lipinski definition) is 2. The van der Waals surface area contributed by atoms with Gasteiger partial charge in [0.1, 0.15) is 5.69 Å². The van der Waals surface area contributed by atoms with Gasteiger partial charge in [-0.1, -0.05) is 19.9 Å². The van der Waals surface area contributed by atoms with E-state index in [0.29, 0.717) is 12.2 Å². The molecule has 0 aliphatic carbocycles. The molecule has 0 spiro atoms. The fourth-order valence-electron chi connectivity index (χ4n) is 3.24. The van der Waals surface area contributed by atoms with Gasteiger partial charge in [0.2, 0.25) is 0 Å². The van der Waals surface area contributed by atoms with Crippen LogP contribution in [0.2, 0.25) is 0 Å². The molecule has 2 aromatic rings. The molecule has 110 valence electrons. The first-order chi connectivity index (χ1) is 10.0. The van der Waals surface area contributed by atoms with E-state index < -0.39 is 5.97 Å². The molecule has 5 heteroatoms. The Morgan fingerprint density at radius 3 is 2.67 bits per heavy atom. The van der Waals surface area contributed by atoms with Crippen molar-refractivity contribution in [2.45, 2.75) is 32.2 Å². The number of carbonyl (C=O) groups is 2. The van der Waals surface area contributed by atoms with Crippen LogP contribution >= 0.6 is 0 Å². The molecule has 2 N–H and O–H groups in total. The van der Waals surface area contributed by atoms with Crippen molar-refractivity contribution in [3.8, 4) is 0 Å². The van der Waals surface area contributed by atoms with Crippen molar-refractivity contribution >= 4 is 22.8 Å². The van der Waals surface area contributed by atoms with Crippen molar-refractivity contribution < 1.29 is 14.7 Å². The summed E-state index contributed by atoms with van der Waals surface area (Å²) in [6.45, 7) is 4.77. The number of rotatable bonds is 3. The maximum Gasteiger partial charge on any atom is 0.335 e. The van der Waals surface area contributed by atoms with Gasteiger partial charge in [0, 0.05) is 11.9 Å². The van der Waals surface area contributed by atoms with Crippen LogP contribution in [0.4, 0.5) is 0 Å². The van der Waals surface area contributed by atoms with Gasteiger partial charge in [-0.2, -0.15) is 0 Å². The van der Waals surface area contributed by atoms with Gasteiger partial charge in [0.25, 0.3) is 5.91 Å². The highest BCUT2D eigenvalue weighted by atomic mass is 16.4. The number of fused-ring (bicyclic) bond motifs is 3. The molecule has 1 aliphatic rings. The van der Waals surface area contributed by atoms with Crippen LogP contribution in [0.5, 0.6) is 0 Å². The predicted molar refractivity (Wildman–Crippen MR) is 79.8 cm³/mol. The Morgan fingerprint density at radius 2 is 2.05 bits per heavy atom. The van der Waals surface area contributed by atoms with E-state index in [-0.39, 0.29) is 17.0 Å². The summed E-state index contributed by atoms with van der Waals surface area (Å²) in [5, 5.41) is 13.0. The summed E-state index contributed by atoms with van der Waals surface area (Å²) in [6, 6.07) is 6.86. The third-order valence-corrected chi connectivity index (χ3v) is 4.65. The Kier molecular flexibility index (Phi) is 3.01. The molecule has 1 aliphatic heterocycles. The lowest BCUT2D eigenvalue weighted by atomic mass is 9.90. The summed E-state index contributed by atoms with van der Waals surface area (Å²) in [4.78, 5) is 23.4. The van der Waals surface area contributed by atoms with Crippen LogP contribution in [0.25, 0.3) is 10.9 Å². The molecule has 0 fully saturated rings. The van der Waals surface area contributed by atoms with Gasteiger partial charge in [-0.15, -0.1) is 0 Å². The van der Waals surface area contributed by atoms with Crippen molar-refractivity contribution in [1.82, 2.24) is 9.88 Å². The highest BCUT2D eigenvalue weighted by Crippen LogP contribution is 2.35. The molecule has 0 unspecified atom stereocenters. The van der Waals surface area contributed by atoms with Crippen LogP contribution in [0.15, 0.2) is 24.3 Å². The predicted octanol–water partition coefficient (Wildman–Crippen LogP) is 2.60. The lowest BCUT2D eigenvalue weighted by molar-refractivity contribution is 0.0696. The Bertz CT molecular complexity index is 741. The van der Waals surface area contributed by atoms with Crippen molar-refractivity contribution in [1.29, 1.82) is 0 Å². The number of nitrogens with zero attached hydrogens (tertiary/aromatic N) is 1. The number of carboxylic acids is 1. The lowest BCUT2D eigenvalue weighted by Gasteiger charge is -2.39. The molecule has 1 aromatic carbocycles. The summed E-state index contributed by atoms with van der Waals surface area (Å²) in [5.74, 6) is -1.05. The first kappa shape index (κ1) is 13.7.